The molecule has 0 heterocycles. The molecule has 1 atom stereocenters. The molecule has 6 nitrogen and oxygen atoms in total. The lowest BCUT2D eigenvalue weighted by atomic mass is 10.2. The first-order chi connectivity index (χ1) is 8.95. The Kier molecular flexibility index (Phi) is 5.17. The molecule has 104 valence electrons. The molecule has 0 saturated carbocycles. The third-order valence-corrected chi connectivity index (χ3v) is 2.69. The minimum Gasteiger partial charge on any atom is -0.508 e. The highest BCUT2D eigenvalue weighted by Gasteiger charge is 2.21. The van der Waals surface area contributed by atoms with E-state index in [2.05, 4.69) is 5.32 Å². The number of amides is 2. The van der Waals surface area contributed by atoms with Crippen LogP contribution in [0.1, 0.15) is 19.8 Å². The molecule has 0 aromatic heterocycles. The number of benzene rings is 1. The topological polar surface area (TPSA) is 89.9 Å². The molecule has 2 amide bonds. The summed E-state index contributed by atoms with van der Waals surface area (Å²) < 4.78 is 0. The molecule has 0 saturated heterocycles. The molecule has 1 aromatic carbocycles. The van der Waals surface area contributed by atoms with Crippen molar-refractivity contribution in [2.24, 2.45) is 0 Å². The Hall–Kier alpha value is -2.24. The molecule has 19 heavy (non-hydrogen) atoms. The predicted octanol–water partition coefficient (Wildman–Crippen LogP) is 1.79. The van der Waals surface area contributed by atoms with E-state index in [-0.39, 0.29) is 5.75 Å². The number of urea groups is 1. The summed E-state index contributed by atoms with van der Waals surface area (Å²) in [6.07, 6.45) is 1.03. The number of phenolic OH excluding ortho intramolecular Hbond substituents is 1. The van der Waals surface area contributed by atoms with Crippen molar-refractivity contribution in [3.05, 3.63) is 24.3 Å². The molecule has 1 rings (SSSR count). The summed E-state index contributed by atoms with van der Waals surface area (Å²) in [6, 6.07) is 4.75. The summed E-state index contributed by atoms with van der Waals surface area (Å²) in [7, 11) is 1.51. The van der Waals surface area contributed by atoms with E-state index in [4.69, 9.17) is 5.11 Å². The first kappa shape index (κ1) is 14.8. The molecule has 0 bridgehead atoms. The number of hydrogen-bond donors (Lipinski definition) is 3. The van der Waals surface area contributed by atoms with Gasteiger partial charge < -0.3 is 15.5 Å². The van der Waals surface area contributed by atoms with Crippen LogP contribution in [0, 0.1) is 0 Å². The van der Waals surface area contributed by atoms with Crippen molar-refractivity contribution in [3.63, 3.8) is 0 Å². The van der Waals surface area contributed by atoms with Crippen molar-refractivity contribution in [1.82, 2.24) is 5.32 Å². The van der Waals surface area contributed by atoms with Gasteiger partial charge in [-0.1, -0.05) is 19.4 Å². The maximum Gasteiger partial charge on any atom is 0.326 e. The Morgan fingerprint density at radius 2 is 2.11 bits per heavy atom. The number of phenols is 1. The van der Waals surface area contributed by atoms with E-state index < -0.39 is 18.0 Å². The molecule has 1 aromatic rings. The van der Waals surface area contributed by atoms with Gasteiger partial charge in [-0.05, 0) is 18.6 Å². The number of aromatic hydroxyl groups is 1. The number of carboxylic acids is 1. The van der Waals surface area contributed by atoms with E-state index in [0.717, 1.165) is 0 Å². The number of carbonyl (C=O) groups is 2. The number of rotatable bonds is 5. The second-order valence-electron chi connectivity index (χ2n) is 4.21. The van der Waals surface area contributed by atoms with Crippen LogP contribution in [0.2, 0.25) is 0 Å². The largest absolute Gasteiger partial charge is 0.508 e. The van der Waals surface area contributed by atoms with Gasteiger partial charge in [0, 0.05) is 18.8 Å². The second kappa shape index (κ2) is 6.63. The number of carbonyl (C=O) groups excluding carboxylic acids is 1. The summed E-state index contributed by atoms with van der Waals surface area (Å²) >= 11 is 0. The van der Waals surface area contributed by atoms with Gasteiger partial charge in [-0.2, -0.15) is 0 Å². The van der Waals surface area contributed by atoms with Crippen LogP contribution in [0.4, 0.5) is 10.5 Å². The Balaban J connectivity index is 2.74. The maximum absolute atomic E-state index is 11.9. The number of anilines is 1. The number of aliphatic carboxylic acids is 1. The normalized spacial score (nSPS) is 11.7. The molecule has 0 fully saturated rings. The Bertz CT molecular complexity index is 462. The van der Waals surface area contributed by atoms with Crippen molar-refractivity contribution in [1.29, 1.82) is 0 Å². The third-order valence-electron chi connectivity index (χ3n) is 2.69. The van der Waals surface area contributed by atoms with Crippen LogP contribution in [0.5, 0.6) is 5.75 Å². The van der Waals surface area contributed by atoms with Crippen LogP contribution in [0.3, 0.4) is 0 Å². The quantitative estimate of drug-likeness (QED) is 0.758. The van der Waals surface area contributed by atoms with Crippen LogP contribution in [-0.4, -0.2) is 35.3 Å². The molecule has 6 heteroatoms. The molecule has 0 aliphatic heterocycles. The van der Waals surface area contributed by atoms with Gasteiger partial charge in [0.2, 0.25) is 0 Å². The van der Waals surface area contributed by atoms with Gasteiger partial charge in [0.05, 0.1) is 0 Å². The molecular weight excluding hydrogens is 248 g/mol. The molecule has 3 N–H and O–H groups in total. The van der Waals surface area contributed by atoms with Crippen LogP contribution in [0.15, 0.2) is 24.3 Å². The Morgan fingerprint density at radius 3 is 2.63 bits per heavy atom. The SMILES string of the molecule is CCC[C@@H](NC(=O)N(C)c1cccc(O)c1)C(=O)O. The summed E-state index contributed by atoms with van der Waals surface area (Å²) in [5.74, 6) is -1.01. The maximum atomic E-state index is 11.9. The third kappa shape index (κ3) is 4.17. The summed E-state index contributed by atoms with van der Waals surface area (Å²) in [4.78, 5) is 24.1. The van der Waals surface area contributed by atoms with Gasteiger partial charge in [0.15, 0.2) is 0 Å². The molecular formula is C13H18N2O4. The van der Waals surface area contributed by atoms with Crippen LogP contribution >= 0.6 is 0 Å². The number of carboxylic acid groups (broad SMARTS) is 1. The highest BCUT2D eigenvalue weighted by atomic mass is 16.4. The Morgan fingerprint density at radius 1 is 1.42 bits per heavy atom. The fourth-order valence-electron chi connectivity index (χ4n) is 1.61. The van der Waals surface area contributed by atoms with Crippen molar-refractivity contribution in [3.8, 4) is 5.75 Å². The zero-order valence-electron chi connectivity index (χ0n) is 11.0. The highest BCUT2D eigenvalue weighted by molar-refractivity contribution is 5.94. The lowest BCUT2D eigenvalue weighted by molar-refractivity contribution is -0.139. The van der Waals surface area contributed by atoms with E-state index in [9.17, 15) is 14.7 Å². The average Bonchev–Trinajstić information content (AvgIpc) is 2.37. The fourth-order valence-corrected chi connectivity index (χ4v) is 1.61. The minimum absolute atomic E-state index is 0.0421. The highest BCUT2D eigenvalue weighted by Crippen LogP contribution is 2.18. The van der Waals surface area contributed by atoms with Gasteiger partial charge >= 0.3 is 12.0 Å². The Labute approximate surface area is 111 Å². The summed E-state index contributed by atoms with van der Waals surface area (Å²) in [6.45, 7) is 1.85. The smallest absolute Gasteiger partial charge is 0.326 e. The van der Waals surface area contributed by atoms with Gasteiger partial charge in [-0.25, -0.2) is 9.59 Å². The van der Waals surface area contributed by atoms with Gasteiger partial charge in [-0.15, -0.1) is 0 Å². The van der Waals surface area contributed by atoms with E-state index in [1.54, 1.807) is 12.1 Å². The minimum atomic E-state index is -1.06. The molecule has 0 unspecified atom stereocenters. The first-order valence-corrected chi connectivity index (χ1v) is 6.01. The standard InChI is InChI=1S/C13H18N2O4/c1-3-5-11(12(17)18)14-13(19)15(2)9-6-4-7-10(16)8-9/h4,6-8,11,16H,3,5H2,1-2H3,(H,14,19)(H,17,18)/t11-/m1/s1. The van der Waals surface area contributed by atoms with E-state index in [1.165, 1.54) is 24.1 Å². The van der Waals surface area contributed by atoms with Gasteiger partial charge in [0.25, 0.3) is 0 Å². The zero-order chi connectivity index (χ0) is 14.4. The van der Waals surface area contributed by atoms with E-state index in [0.29, 0.717) is 18.5 Å². The van der Waals surface area contributed by atoms with Crippen LogP contribution in [-0.2, 0) is 4.79 Å². The molecule has 0 spiro atoms. The van der Waals surface area contributed by atoms with Gasteiger partial charge in [0.1, 0.15) is 11.8 Å². The first-order valence-electron chi connectivity index (χ1n) is 6.01. The molecule has 0 radical (unpaired) electrons. The summed E-state index contributed by atoms with van der Waals surface area (Å²) in [5.41, 5.74) is 0.484. The molecule has 0 aliphatic rings. The van der Waals surface area contributed by atoms with Gasteiger partial charge in [-0.3, -0.25) is 4.90 Å². The van der Waals surface area contributed by atoms with E-state index in [1.807, 2.05) is 6.92 Å². The second-order valence-corrected chi connectivity index (χ2v) is 4.21. The van der Waals surface area contributed by atoms with Crippen molar-refractivity contribution in [2.45, 2.75) is 25.8 Å². The van der Waals surface area contributed by atoms with Crippen molar-refractivity contribution < 1.29 is 19.8 Å². The molecule has 0 aliphatic carbocycles. The lowest BCUT2D eigenvalue weighted by Crippen LogP contribution is -2.46. The predicted molar refractivity (Wildman–Crippen MR) is 71.4 cm³/mol. The van der Waals surface area contributed by atoms with Crippen molar-refractivity contribution >= 4 is 17.7 Å². The average molecular weight is 266 g/mol. The number of nitrogens with zero attached hydrogens (tertiary/aromatic N) is 1. The summed E-state index contributed by atoms with van der Waals surface area (Å²) in [5, 5.41) is 20.8. The number of hydrogen-bond acceptors (Lipinski definition) is 3. The van der Waals surface area contributed by atoms with Crippen LogP contribution < -0.4 is 10.2 Å². The fraction of sp³-hybridized carbons (Fsp3) is 0.385. The van der Waals surface area contributed by atoms with E-state index >= 15 is 0 Å². The monoisotopic (exact) mass is 266 g/mol. The lowest BCUT2D eigenvalue weighted by Gasteiger charge is -2.21. The van der Waals surface area contributed by atoms with Crippen LogP contribution in [0.25, 0.3) is 0 Å². The number of nitrogens with one attached hydrogen (secondary N) is 1. The van der Waals surface area contributed by atoms with Crippen molar-refractivity contribution in [2.75, 3.05) is 11.9 Å². The zero-order valence-corrected chi connectivity index (χ0v) is 11.0.